The standard InChI is InChI=1S/C18H14N2O/c21-18(13-5-6-16-12(11-13)7-9-19-16)15-8-10-20-17-4-2-1-3-14(15)17/h1-11,18-19,21H. The van der Waals surface area contributed by atoms with Crippen molar-refractivity contribution in [2.75, 3.05) is 0 Å². The predicted molar refractivity (Wildman–Crippen MR) is 84.1 cm³/mol. The van der Waals surface area contributed by atoms with E-state index in [9.17, 15) is 5.11 Å². The summed E-state index contributed by atoms with van der Waals surface area (Å²) in [6.45, 7) is 0. The van der Waals surface area contributed by atoms with E-state index < -0.39 is 6.10 Å². The molecule has 3 nitrogen and oxygen atoms in total. The highest BCUT2D eigenvalue weighted by Crippen LogP contribution is 2.29. The summed E-state index contributed by atoms with van der Waals surface area (Å²) in [6.07, 6.45) is 3.00. The summed E-state index contributed by atoms with van der Waals surface area (Å²) in [5.74, 6) is 0. The van der Waals surface area contributed by atoms with Crippen molar-refractivity contribution in [2.45, 2.75) is 6.10 Å². The first-order chi connectivity index (χ1) is 10.3. The lowest BCUT2D eigenvalue weighted by Gasteiger charge is -2.14. The maximum atomic E-state index is 10.7. The molecule has 2 aromatic heterocycles. The van der Waals surface area contributed by atoms with Gasteiger partial charge in [0.05, 0.1) is 5.52 Å². The van der Waals surface area contributed by atoms with Crippen molar-refractivity contribution < 1.29 is 5.11 Å². The van der Waals surface area contributed by atoms with E-state index in [1.54, 1.807) is 6.20 Å². The Labute approximate surface area is 121 Å². The third kappa shape index (κ3) is 1.99. The van der Waals surface area contributed by atoms with Crippen LogP contribution in [0.5, 0.6) is 0 Å². The Bertz CT molecular complexity index is 921. The van der Waals surface area contributed by atoms with Crippen molar-refractivity contribution in [3.8, 4) is 0 Å². The second-order valence-corrected chi connectivity index (χ2v) is 5.14. The fourth-order valence-corrected chi connectivity index (χ4v) is 2.78. The van der Waals surface area contributed by atoms with Crippen molar-refractivity contribution in [1.29, 1.82) is 0 Å². The average Bonchev–Trinajstić information content (AvgIpc) is 3.01. The predicted octanol–water partition coefficient (Wildman–Crippen LogP) is 3.80. The summed E-state index contributed by atoms with van der Waals surface area (Å²) in [7, 11) is 0. The van der Waals surface area contributed by atoms with Gasteiger partial charge in [-0.1, -0.05) is 24.3 Å². The maximum absolute atomic E-state index is 10.7. The van der Waals surface area contributed by atoms with Gasteiger partial charge in [-0.15, -0.1) is 0 Å². The van der Waals surface area contributed by atoms with Gasteiger partial charge in [-0.25, -0.2) is 0 Å². The molecule has 0 aliphatic rings. The van der Waals surface area contributed by atoms with Crippen LogP contribution in [-0.2, 0) is 0 Å². The number of pyridine rings is 1. The molecule has 102 valence electrons. The van der Waals surface area contributed by atoms with Gasteiger partial charge < -0.3 is 10.1 Å². The maximum Gasteiger partial charge on any atom is 0.105 e. The highest BCUT2D eigenvalue weighted by molar-refractivity contribution is 5.84. The summed E-state index contributed by atoms with van der Waals surface area (Å²) in [5.41, 5.74) is 3.75. The molecule has 0 bridgehead atoms. The van der Waals surface area contributed by atoms with E-state index in [0.29, 0.717) is 0 Å². The van der Waals surface area contributed by atoms with E-state index in [1.165, 1.54) is 0 Å². The van der Waals surface area contributed by atoms with Crippen molar-refractivity contribution in [3.63, 3.8) is 0 Å². The Morgan fingerprint density at radius 2 is 1.90 bits per heavy atom. The van der Waals surface area contributed by atoms with Gasteiger partial charge in [-0.2, -0.15) is 0 Å². The van der Waals surface area contributed by atoms with Crippen LogP contribution in [0.1, 0.15) is 17.2 Å². The molecule has 0 spiro atoms. The first-order valence-electron chi connectivity index (χ1n) is 6.92. The number of benzene rings is 2. The van der Waals surface area contributed by atoms with Gasteiger partial charge in [0.25, 0.3) is 0 Å². The molecule has 0 aliphatic heterocycles. The summed E-state index contributed by atoms with van der Waals surface area (Å²) in [4.78, 5) is 7.51. The van der Waals surface area contributed by atoms with Crippen LogP contribution in [0.25, 0.3) is 21.8 Å². The highest BCUT2D eigenvalue weighted by Gasteiger charge is 2.14. The molecule has 2 aromatic carbocycles. The highest BCUT2D eigenvalue weighted by atomic mass is 16.3. The smallest absolute Gasteiger partial charge is 0.105 e. The minimum Gasteiger partial charge on any atom is -0.384 e. The number of aliphatic hydroxyl groups is 1. The number of aromatic nitrogens is 2. The molecule has 0 aliphatic carbocycles. The number of hydrogen-bond donors (Lipinski definition) is 2. The van der Waals surface area contributed by atoms with Crippen LogP contribution in [0, 0.1) is 0 Å². The van der Waals surface area contributed by atoms with Gasteiger partial charge in [0.1, 0.15) is 6.10 Å². The minimum atomic E-state index is -0.655. The van der Waals surface area contributed by atoms with Gasteiger partial charge in [0, 0.05) is 23.3 Å². The van der Waals surface area contributed by atoms with E-state index in [0.717, 1.165) is 32.9 Å². The van der Waals surface area contributed by atoms with E-state index >= 15 is 0 Å². The first kappa shape index (κ1) is 12.1. The van der Waals surface area contributed by atoms with Crippen LogP contribution < -0.4 is 0 Å². The zero-order valence-corrected chi connectivity index (χ0v) is 11.3. The number of aromatic amines is 1. The monoisotopic (exact) mass is 274 g/mol. The minimum absolute atomic E-state index is 0.655. The van der Waals surface area contributed by atoms with E-state index in [-0.39, 0.29) is 0 Å². The number of fused-ring (bicyclic) bond motifs is 2. The van der Waals surface area contributed by atoms with Crippen LogP contribution in [0.2, 0.25) is 0 Å². The topological polar surface area (TPSA) is 48.9 Å². The Morgan fingerprint density at radius 3 is 2.86 bits per heavy atom. The first-order valence-corrected chi connectivity index (χ1v) is 6.92. The zero-order chi connectivity index (χ0) is 14.2. The van der Waals surface area contributed by atoms with E-state index in [1.807, 2.05) is 60.8 Å². The molecule has 0 fully saturated rings. The largest absolute Gasteiger partial charge is 0.384 e. The van der Waals surface area contributed by atoms with E-state index in [2.05, 4.69) is 9.97 Å². The summed E-state index contributed by atoms with van der Waals surface area (Å²) < 4.78 is 0. The van der Waals surface area contributed by atoms with Crippen LogP contribution in [0.15, 0.2) is 67.0 Å². The number of para-hydroxylation sites is 1. The number of H-pyrrole nitrogens is 1. The molecule has 0 saturated carbocycles. The normalized spacial score (nSPS) is 12.8. The molecule has 1 unspecified atom stereocenters. The average molecular weight is 274 g/mol. The molecule has 21 heavy (non-hydrogen) atoms. The van der Waals surface area contributed by atoms with Crippen LogP contribution in [0.4, 0.5) is 0 Å². The lowest BCUT2D eigenvalue weighted by Crippen LogP contribution is -2.01. The number of nitrogens with one attached hydrogen (secondary N) is 1. The Morgan fingerprint density at radius 1 is 1.00 bits per heavy atom. The SMILES string of the molecule is OC(c1ccc2[nH]ccc2c1)c1ccnc2ccccc12. The molecule has 1 atom stereocenters. The Kier molecular flexibility index (Phi) is 2.72. The van der Waals surface area contributed by atoms with Gasteiger partial charge in [-0.3, -0.25) is 4.98 Å². The van der Waals surface area contributed by atoms with Crippen molar-refractivity contribution in [2.24, 2.45) is 0 Å². The van der Waals surface area contributed by atoms with Gasteiger partial charge >= 0.3 is 0 Å². The van der Waals surface area contributed by atoms with Gasteiger partial charge in [0.15, 0.2) is 0 Å². The van der Waals surface area contributed by atoms with Crippen molar-refractivity contribution in [3.05, 3.63) is 78.1 Å². The number of hydrogen-bond acceptors (Lipinski definition) is 2. The van der Waals surface area contributed by atoms with Crippen LogP contribution in [-0.4, -0.2) is 15.1 Å². The van der Waals surface area contributed by atoms with E-state index in [4.69, 9.17) is 0 Å². The fourth-order valence-electron chi connectivity index (χ4n) is 2.78. The number of aliphatic hydroxyl groups excluding tert-OH is 1. The molecule has 2 N–H and O–H groups in total. The molecular formula is C18H14N2O. The van der Waals surface area contributed by atoms with Crippen molar-refractivity contribution >= 4 is 21.8 Å². The Hall–Kier alpha value is -2.65. The third-order valence-corrected chi connectivity index (χ3v) is 3.87. The van der Waals surface area contributed by atoms with Gasteiger partial charge in [-0.05, 0) is 46.8 Å². The summed E-state index contributed by atoms with van der Waals surface area (Å²) in [5, 5.41) is 12.8. The molecule has 2 heterocycles. The fraction of sp³-hybridized carbons (Fsp3) is 0.0556. The second-order valence-electron chi connectivity index (χ2n) is 5.14. The lowest BCUT2D eigenvalue weighted by molar-refractivity contribution is 0.222. The zero-order valence-electron chi connectivity index (χ0n) is 11.3. The number of nitrogens with zero attached hydrogens (tertiary/aromatic N) is 1. The molecule has 0 amide bonds. The van der Waals surface area contributed by atoms with Crippen LogP contribution in [0.3, 0.4) is 0 Å². The Balaban J connectivity index is 1.87. The number of rotatable bonds is 2. The molecule has 4 aromatic rings. The van der Waals surface area contributed by atoms with Gasteiger partial charge in [0.2, 0.25) is 0 Å². The third-order valence-electron chi connectivity index (χ3n) is 3.87. The summed E-state index contributed by atoms with van der Waals surface area (Å²) in [6, 6.07) is 17.7. The molecule has 0 radical (unpaired) electrons. The lowest BCUT2D eigenvalue weighted by atomic mass is 9.97. The van der Waals surface area contributed by atoms with Crippen LogP contribution >= 0.6 is 0 Å². The molecule has 0 saturated heterocycles. The molecule has 3 heteroatoms. The second kappa shape index (κ2) is 4.72. The molecular weight excluding hydrogens is 260 g/mol. The quantitative estimate of drug-likeness (QED) is 0.584. The van der Waals surface area contributed by atoms with Crippen molar-refractivity contribution in [1.82, 2.24) is 9.97 Å². The summed E-state index contributed by atoms with van der Waals surface area (Å²) >= 11 is 0. The molecule has 4 rings (SSSR count).